The molecule has 5 nitrogen and oxygen atoms in total. The topological polar surface area (TPSA) is 69.6 Å². The van der Waals surface area contributed by atoms with E-state index in [0.29, 0.717) is 38.5 Å². The maximum atomic E-state index is 12.0. The number of aliphatic carboxylic acids is 1. The van der Waals surface area contributed by atoms with Crippen LogP contribution in [0.15, 0.2) is 0 Å². The van der Waals surface area contributed by atoms with Gasteiger partial charge in [0.1, 0.15) is 0 Å². The lowest BCUT2D eigenvalue weighted by Gasteiger charge is -2.30. The van der Waals surface area contributed by atoms with Gasteiger partial charge in [-0.15, -0.1) is 0 Å². The van der Waals surface area contributed by atoms with E-state index in [1.54, 1.807) is 4.90 Å². The van der Waals surface area contributed by atoms with Crippen LogP contribution in [-0.2, 0) is 9.59 Å². The Morgan fingerprint density at radius 1 is 1.26 bits per heavy atom. The summed E-state index contributed by atoms with van der Waals surface area (Å²) in [6.07, 6.45) is 5.00. The molecule has 0 spiro atoms. The summed E-state index contributed by atoms with van der Waals surface area (Å²) < 4.78 is 0. The smallest absolute Gasteiger partial charge is 0.306 e. The minimum Gasteiger partial charge on any atom is -0.481 e. The summed E-state index contributed by atoms with van der Waals surface area (Å²) in [5.74, 6) is -0.0375. The SMILES string of the molecule is CC(CC1CC1)NCC(=O)N1CCC(C(=O)O)CC1. The van der Waals surface area contributed by atoms with Crippen molar-refractivity contribution in [1.82, 2.24) is 10.2 Å². The Morgan fingerprint density at radius 2 is 1.89 bits per heavy atom. The van der Waals surface area contributed by atoms with Gasteiger partial charge in [-0.1, -0.05) is 12.8 Å². The van der Waals surface area contributed by atoms with Gasteiger partial charge in [0, 0.05) is 19.1 Å². The normalized spacial score (nSPS) is 22.3. The maximum absolute atomic E-state index is 12.0. The van der Waals surface area contributed by atoms with Gasteiger partial charge in [-0.25, -0.2) is 0 Å². The average Bonchev–Trinajstić information content (AvgIpc) is 3.20. The number of nitrogens with zero attached hydrogens (tertiary/aromatic N) is 1. The average molecular weight is 268 g/mol. The quantitative estimate of drug-likeness (QED) is 0.756. The molecule has 2 N–H and O–H groups in total. The second kappa shape index (κ2) is 6.37. The number of nitrogens with one attached hydrogen (secondary N) is 1. The molecule has 0 aromatic rings. The number of carboxylic acids is 1. The number of carbonyl (C=O) groups is 2. The summed E-state index contributed by atoms with van der Waals surface area (Å²) in [5.41, 5.74) is 0. The molecule has 1 saturated carbocycles. The van der Waals surface area contributed by atoms with E-state index in [1.165, 1.54) is 12.8 Å². The minimum atomic E-state index is -0.733. The van der Waals surface area contributed by atoms with Gasteiger partial charge >= 0.3 is 5.97 Å². The number of piperidine rings is 1. The molecular formula is C14H24N2O3. The molecule has 2 aliphatic rings. The van der Waals surface area contributed by atoms with Crippen LogP contribution in [0.3, 0.4) is 0 Å². The van der Waals surface area contributed by atoms with E-state index in [1.807, 2.05) is 0 Å². The van der Waals surface area contributed by atoms with Crippen molar-refractivity contribution in [3.05, 3.63) is 0 Å². The number of carboxylic acid groups (broad SMARTS) is 1. The molecule has 1 unspecified atom stereocenters. The number of likely N-dealkylation sites (tertiary alicyclic amines) is 1. The largest absolute Gasteiger partial charge is 0.481 e. The van der Waals surface area contributed by atoms with Crippen molar-refractivity contribution in [2.45, 2.75) is 45.1 Å². The molecule has 1 atom stereocenters. The van der Waals surface area contributed by atoms with Crippen molar-refractivity contribution in [2.24, 2.45) is 11.8 Å². The molecule has 1 amide bonds. The summed E-state index contributed by atoms with van der Waals surface area (Å²) in [7, 11) is 0. The molecule has 5 heteroatoms. The van der Waals surface area contributed by atoms with E-state index in [0.717, 1.165) is 12.3 Å². The molecule has 1 aliphatic carbocycles. The highest BCUT2D eigenvalue weighted by Crippen LogP contribution is 2.33. The minimum absolute atomic E-state index is 0.103. The lowest BCUT2D eigenvalue weighted by molar-refractivity contribution is -0.145. The third-order valence-electron chi connectivity index (χ3n) is 4.18. The monoisotopic (exact) mass is 268 g/mol. The molecule has 1 saturated heterocycles. The lowest BCUT2D eigenvalue weighted by atomic mass is 9.97. The van der Waals surface area contributed by atoms with E-state index < -0.39 is 5.97 Å². The zero-order valence-electron chi connectivity index (χ0n) is 11.6. The van der Waals surface area contributed by atoms with Crippen molar-refractivity contribution in [3.63, 3.8) is 0 Å². The fraction of sp³-hybridized carbons (Fsp3) is 0.857. The van der Waals surface area contributed by atoms with Crippen LogP contribution < -0.4 is 5.32 Å². The van der Waals surface area contributed by atoms with Crippen molar-refractivity contribution >= 4 is 11.9 Å². The summed E-state index contributed by atoms with van der Waals surface area (Å²) >= 11 is 0. The highest BCUT2D eigenvalue weighted by atomic mass is 16.4. The zero-order valence-corrected chi connectivity index (χ0v) is 11.6. The predicted molar refractivity (Wildman–Crippen MR) is 71.7 cm³/mol. The van der Waals surface area contributed by atoms with Gasteiger partial charge in [-0.3, -0.25) is 9.59 Å². The van der Waals surface area contributed by atoms with Gasteiger partial charge < -0.3 is 15.3 Å². The first kappa shape index (κ1) is 14.3. The van der Waals surface area contributed by atoms with Crippen molar-refractivity contribution < 1.29 is 14.7 Å². The highest BCUT2D eigenvalue weighted by molar-refractivity contribution is 5.79. The fourth-order valence-corrected chi connectivity index (χ4v) is 2.69. The number of hydrogen-bond acceptors (Lipinski definition) is 3. The summed E-state index contributed by atoms with van der Waals surface area (Å²) in [6.45, 7) is 3.66. The van der Waals surface area contributed by atoms with Crippen LogP contribution in [0.1, 0.15) is 39.0 Å². The Bertz CT molecular complexity index is 334. The van der Waals surface area contributed by atoms with E-state index in [2.05, 4.69) is 12.2 Å². The Kier molecular flexibility index (Phi) is 4.80. The molecule has 1 heterocycles. The second-order valence-electron chi connectivity index (χ2n) is 5.95. The fourth-order valence-electron chi connectivity index (χ4n) is 2.69. The summed E-state index contributed by atoms with van der Waals surface area (Å²) in [4.78, 5) is 24.6. The molecule has 0 radical (unpaired) electrons. The number of hydrogen-bond donors (Lipinski definition) is 2. The van der Waals surface area contributed by atoms with Crippen LogP contribution in [0, 0.1) is 11.8 Å². The van der Waals surface area contributed by atoms with Gasteiger partial charge in [0.25, 0.3) is 0 Å². The molecule has 0 aromatic heterocycles. The molecule has 2 fully saturated rings. The van der Waals surface area contributed by atoms with E-state index >= 15 is 0 Å². The first-order chi connectivity index (χ1) is 9.06. The van der Waals surface area contributed by atoms with Crippen LogP contribution in [0.2, 0.25) is 0 Å². The first-order valence-electron chi connectivity index (χ1n) is 7.30. The Hall–Kier alpha value is -1.10. The summed E-state index contributed by atoms with van der Waals surface area (Å²) in [6, 6.07) is 0.396. The van der Waals surface area contributed by atoms with Crippen LogP contribution in [-0.4, -0.2) is 47.6 Å². The van der Waals surface area contributed by atoms with Crippen molar-refractivity contribution in [3.8, 4) is 0 Å². The Labute approximate surface area is 114 Å². The third-order valence-corrected chi connectivity index (χ3v) is 4.18. The van der Waals surface area contributed by atoms with E-state index in [-0.39, 0.29) is 11.8 Å². The van der Waals surface area contributed by atoms with Crippen molar-refractivity contribution in [1.29, 1.82) is 0 Å². The van der Waals surface area contributed by atoms with Crippen LogP contribution in [0.25, 0.3) is 0 Å². The van der Waals surface area contributed by atoms with Crippen LogP contribution in [0.5, 0.6) is 0 Å². The Morgan fingerprint density at radius 3 is 2.42 bits per heavy atom. The van der Waals surface area contributed by atoms with Gasteiger partial charge in [-0.2, -0.15) is 0 Å². The van der Waals surface area contributed by atoms with E-state index in [9.17, 15) is 9.59 Å². The first-order valence-corrected chi connectivity index (χ1v) is 7.30. The zero-order chi connectivity index (χ0) is 13.8. The van der Waals surface area contributed by atoms with Gasteiger partial charge in [-0.05, 0) is 32.1 Å². The summed E-state index contributed by atoms with van der Waals surface area (Å²) in [5, 5.41) is 12.2. The third kappa shape index (κ3) is 4.49. The van der Waals surface area contributed by atoms with Gasteiger partial charge in [0.15, 0.2) is 0 Å². The maximum Gasteiger partial charge on any atom is 0.306 e. The standard InChI is InChI=1S/C14H24N2O3/c1-10(8-11-2-3-11)15-9-13(17)16-6-4-12(5-7-16)14(18)19/h10-12,15H,2-9H2,1H3,(H,18,19). The van der Waals surface area contributed by atoms with Crippen LogP contribution in [0.4, 0.5) is 0 Å². The predicted octanol–water partition coefficient (Wildman–Crippen LogP) is 1.09. The second-order valence-corrected chi connectivity index (χ2v) is 5.95. The molecule has 108 valence electrons. The number of amides is 1. The molecule has 2 rings (SSSR count). The van der Waals surface area contributed by atoms with Gasteiger partial charge in [0.2, 0.25) is 5.91 Å². The van der Waals surface area contributed by atoms with E-state index in [4.69, 9.17) is 5.11 Å². The highest BCUT2D eigenvalue weighted by Gasteiger charge is 2.27. The molecule has 1 aliphatic heterocycles. The molecule has 0 aromatic carbocycles. The van der Waals surface area contributed by atoms with Gasteiger partial charge in [0.05, 0.1) is 12.5 Å². The van der Waals surface area contributed by atoms with Crippen molar-refractivity contribution in [2.75, 3.05) is 19.6 Å². The molecule has 19 heavy (non-hydrogen) atoms. The Balaban J connectivity index is 1.64. The number of carbonyl (C=O) groups excluding carboxylic acids is 1. The van der Waals surface area contributed by atoms with Crippen LogP contribution >= 0.6 is 0 Å². The molecular weight excluding hydrogens is 244 g/mol. The lowest BCUT2D eigenvalue weighted by Crippen LogP contribution is -2.45. The molecule has 0 bridgehead atoms. The number of rotatable bonds is 6.